The largest absolute Gasteiger partial charge is 0.349 e. The second-order valence-electron chi connectivity index (χ2n) is 8.11. The Bertz CT molecular complexity index is 1250. The topological polar surface area (TPSA) is 95.6 Å². The van der Waals surface area contributed by atoms with Gasteiger partial charge in [-0.25, -0.2) is 8.42 Å². The quantitative estimate of drug-likeness (QED) is 0.533. The highest BCUT2D eigenvalue weighted by atomic mass is 32.2. The van der Waals surface area contributed by atoms with E-state index >= 15 is 0 Å². The molecule has 1 aliphatic rings. The minimum atomic E-state index is -3.75. The van der Waals surface area contributed by atoms with E-state index in [1.54, 1.807) is 60.5 Å². The van der Waals surface area contributed by atoms with Crippen molar-refractivity contribution in [1.29, 1.82) is 0 Å². The maximum Gasteiger partial charge on any atom is 0.261 e. The van der Waals surface area contributed by atoms with Gasteiger partial charge in [0.1, 0.15) is 0 Å². The summed E-state index contributed by atoms with van der Waals surface area (Å²) < 4.78 is 27.6. The van der Waals surface area contributed by atoms with Crippen molar-refractivity contribution in [1.82, 2.24) is 10.2 Å². The molecule has 170 valence electrons. The van der Waals surface area contributed by atoms with Gasteiger partial charge in [-0.3, -0.25) is 14.3 Å². The van der Waals surface area contributed by atoms with E-state index in [9.17, 15) is 18.0 Å². The third-order valence-electron chi connectivity index (χ3n) is 5.31. The molecule has 8 heteroatoms. The molecule has 3 aromatic rings. The summed E-state index contributed by atoms with van der Waals surface area (Å²) in [5.41, 5.74) is 2.16. The Labute approximate surface area is 193 Å². The van der Waals surface area contributed by atoms with Crippen molar-refractivity contribution >= 4 is 27.5 Å². The first-order valence-corrected chi connectivity index (χ1v) is 12.1. The number of hydrogen-bond acceptors (Lipinski definition) is 4. The molecule has 0 atom stereocenters. The first-order valence-electron chi connectivity index (χ1n) is 10.6. The van der Waals surface area contributed by atoms with Gasteiger partial charge in [0, 0.05) is 36.4 Å². The van der Waals surface area contributed by atoms with E-state index in [1.165, 1.54) is 18.2 Å². The first kappa shape index (κ1) is 22.5. The van der Waals surface area contributed by atoms with Crippen LogP contribution in [0.4, 0.5) is 5.69 Å². The van der Waals surface area contributed by atoms with Crippen molar-refractivity contribution in [3.8, 4) is 0 Å². The standard InChI is InChI=1S/C25H25N3O4S/c1-28(17-18-10-12-19(13-11-18)24(29)26-21-14-15-21)25(30)20-6-5-7-22(16-20)27-33(31,32)23-8-3-2-4-9-23/h2-13,16,21,27H,14-15,17H2,1H3,(H,26,29). The molecule has 3 aromatic carbocycles. The minimum absolute atomic E-state index is 0.0803. The van der Waals surface area contributed by atoms with Crippen LogP contribution < -0.4 is 10.0 Å². The Morgan fingerprint density at radius 2 is 1.61 bits per heavy atom. The van der Waals surface area contributed by atoms with Crippen LogP contribution in [0.5, 0.6) is 0 Å². The van der Waals surface area contributed by atoms with Crippen LogP contribution in [0, 0.1) is 0 Å². The molecule has 4 rings (SSSR count). The molecule has 2 amide bonds. The van der Waals surface area contributed by atoms with E-state index in [1.807, 2.05) is 12.1 Å². The second kappa shape index (κ2) is 9.46. The van der Waals surface area contributed by atoms with E-state index in [-0.39, 0.29) is 16.7 Å². The van der Waals surface area contributed by atoms with E-state index in [0.717, 1.165) is 18.4 Å². The molecule has 2 N–H and O–H groups in total. The summed E-state index contributed by atoms with van der Waals surface area (Å²) in [7, 11) is -2.07. The van der Waals surface area contributed by atoms with Gasteiger partial charge in [0.15, 0.2) is 0 Å². The van der Waals surface area contributed by atoms with Crippen LogP contribution in [0.3, 0.4) is 0 Å². The number of anilines is 1. The van der Waals surface area contributed by atoms with Crippen LogP contribution in [0.1, 0.15) is 39.1 Å². The molecule has 1 fully saturated rings. The van der Waals surface area contributed by atoms with E-state index in [4.69, 9.17) is 0 Å². The predicted octanol–water partition coefficient (Wildman–Crippen LogP) is 3.65. The Morgan fingerprint density at radius 1 is 0.909 bits per heavy atom. The summed E-state index contributed by atoms with van der Waals surface area (Å²) in [5.74, 6) is -0.324. The molecule has 0 spiro atoms. The zero-order chi connectivity index (χ0) is 23.4. The summed E-state index contributed by atoms with van der Waals surface area (Å²) in [5, 5.41) is 2.95. The molecule has 0 saturated heterocycles. The number of nitrogens with one attached hydrogen (secondary N) is 2. The van der Waals surface area contributed by atoms with Gasteiger partial charge in [-0.1, -0.05) is 36.4 Å². The molecule has 0 heterocycles. The number of carbonyl (C=O) groups is 2. The third-order valence-corrected chi connectivity index (χ3v) is 6.71. The average Bonchev–Trinajstić information content (AvgIpc) is 3.63. The van der Waals surface area contributed by atoms with Crippen molar-refractivity contribution < 1.29 is 18.0 Å². The molecular weight excluding hydrogens is 438 g/mol. The summed E-state index contributed by atoms with van der Waals surface area (Å²) in [6.45, 7) is 0.351. The van der Waals surface area contributed by atoms with Crippen molar-refractivity contribution in [2.24, 2.45) is 0 Å². The fraction of sp³-hybridized carbons (Fsp3) is 0.200. The smallest absolute Gasteiger partial charge is 0.261 e. The maximum absolute atomic E-state index is 12.9. The normalized spacial score (nSPS) is 13.2. The van der Waals surface area contributed by atoms with Gasteiger partial charge in [-0.05, 0) is 60.9 Å². The van der Waals surface area contributed by atoms with Crippen LogP contribution in [-0.2, 0) is 16.6 Å². The highest BCUT2D eigenvalue weighted by Gasteiger charge is 2.23. The van der Waals surface area contributed by atoms with Crippen molar-refractivity contribution in [3.63, 3.8) is 0 Å². The number of nitrogens with zero attached hydrogens (tertiary/aromatic N) is 1. The molecule has 0 unspecified atom stereocenters. The molecular formula is C25H25N3O4S. The second-order valence-corrected chi connectivity index (χ2v) is 9.79. The van der Waals surface area contributed by atoms with Gasteiger partial charge in [0.05, 0.1) is 4.90 Å². The number of benzene rings is 3. The minimum Gasteiger partial charge on any atom is -0.349 e. The maximum atomic E-state index is 12.9. The number of rotatable bonds is 8. The zero-order valence-electron chi connectivity index (χ0n) is 18.2. The summed E-state index contributed by atoms with van der Waals surface area (Å²) in [4.78, 5) is 26.7. The third kappa shape index (κ3) is 5.78. The van der Waals surface area contributed by atoms with Crippen LogP contribution in [-0.4, -0.2) is 38.2 Å². The number of hydrogen-bond donors (Lipinski definition) is 2. The zero-order valence-corrected chi connectivity index (χ0v) is 19.0. The summed E-state index contributed by atoms with van der Waals surface area (Å²) >= 11 is 0. The lowest BCUT2D eigenvalue weighted by molar-refractivity contribution is 0.0784. The van der Waals surface area contributed by atoms with Gasteiger partial charge in [-0.2, -0.15) is 0 Å². The van der Waals surface area contributed by atoms with Gasteiger partial charge in [-0.15, -0.1) is 0 Å². The van der Waals surface area contributed by atoms with Crippen LogP contribution in [0.15, 0.2) is 83.8 Å². The van der Waals surface area contributed by atoms with Crippen LogP contribution in [0.25, 0.3) is 0 Å². The SMILES string of the molecule is CN(Cc1ccc(C(=O)NC2CC2)cc1)C(=O)c1cccc(NS(=O)(=O)c2ccccc2)c1. The lowest BCUT2D eigenvalue weighted by Gasteiger charge is -2.18. The number of sulfonamides is 1. The summed E-state index contributed by atoms with van der Waals surface area (Å²) in [6, 6.07) is 21.9. The highest BCUT2D eigenvalue weighted by molar-refractivity contribution is 7.92. The Morgan fingerprint density at radius 3 is 2.27 bits per heavy atom. The molecule has 0 radical (unpaired) electrons. The number of carbonyl (C=O) groups excluding carboxylic acids is 2. The average molecular weight is 464 g/mol. The van der Waals surface area contributed by atoms with Crippen molar-refractivity contribution in [2.75, 3.05) is 11.8 Å². The van der Waals surface area contributed by atoms with Crippen molar-refractivity contribution in [2.45, 2.75) is 30.3 Å². The lowest BCUT2D eigenvalue weighted by Crippen LogP contribution is -2.27. The van der Waals surface area contributed by atoms with E-state index in [0.29, 0.717) is 29.4 Å². The first-order chi connectivity index (χ1) is 15.8. The molecule has 1 saturated carbocycles. The molecule has 7 nitrogen and oxygen atoms in total. The fourth-order valence-corrected chi connectivity index (χ4v) is 4.42. The van der Waals surface area contributed by atoms with Crippen LogP contribution in [0.2, 0.25) is 0 Å². The molecule has 0 bridgehead atoms. The fourth-order valence-electron chi connectivity index (χ4n) is 3.35. The molecule has 0 aromatic heterocycles. The van der Waals surface area contributed by atoms with Gasteiger partial charge >= 0.3 is 0 Å². The van der Waals surface area contributed by atoms with Crippen molar-refractivity contribution in [3.05, 3.63) is 95.6 Å². The van der Waals surface area contributed by atoms with Crippen LogP contribution >= 0.6 is 0 Å². The molecule has 33 heavy (non-hydrogen) atoms. The lowest BCUT2D eigenvalue weighted by atomic mass is 10.1. The monoisotopic (exact) mass is 463 g/mol. The van der Waals surface area contributed by atoms with Gasteiger partial charge in [0.2, 0.25) is 0 Å². The Balaban J connectivity index is 1.41. The van der Waals surface area contributed by atoms with Gasteiger partial charge < -0.3 is 10.2 Å². The Kier molecular flexibility index (Phi) is 6.46. The predicted molar refractivity (Wildman–Crippen MR) is 126 cm³/mol. The van der Waals surface area contributed by atoms with E-state index < -0.39 is 10.0 Å². The van der Waals surface area contributed by atoms with E-state index in [2.05, 4.69) is 10.0 Å². The summed E-state index contributed by atoms with van der Waals surface area (Å²) in [6.07, 6.45) is 2.07. The highest BCUT2D eigenvalue weighted by Crippen LogP contribution is 2.20. The molecule has 0 aliphatic heterocycles. The Hall–Kier alpha value is -3.65. The number of amides is 2. The van der Waals surface area contributed by atoms with Gasteiger partial charge in [0.25, 0.3) is 21.8 Å². The molecule has 1 aliphatic carbocycles.